The summed E-state index contributed by atoms with van der Waals surface area (Å²) in [6.07, 6.45) is 1.29. The zero-order valence-corrected chi connectivity index (χ0v) is 11.7. The van der Waals surface area contributed by atoms with Gasteiger partial charge >= 0.3 is 0 Å². The third-order valence-electron chi connectivity index (χ3n) is 3.00. The van der Waals surface area contributed by atoms with Crippen molar-refractivity contribution in [3.05, 3.63) is 70.9 Å². The minimum Gasteiger partial charge on any atom is -0.267 e. The highest BCUT2D eigenvalue weighted by molar-refractivity contribution is 7.17. The van der Waals surface area contributed by atoms with Crippen molar-refractivity contribution < 1.29 is 9.18 Å². The molecule has 104 valence electrons. The molecule has 0 atom stereocenters. The van der Waals surface area contributed by atoms with E-state index >= 15 is 0 Å². The van der Waals surface area contributed by atoms with Crippen LogP contribution >= 0.6 is 11.3 Å². The number of rotatable bonds is 3. The molecular weight excluding hydrogens is 287 g/mol. The first-order chi connectivity index (χ1) is 10.3. The zero-order valence-electron chi connectivity index (χ0n) is 10.9. The standard InChI is InChI=1S/C16H11FN2OS/c17-14-7-3-1-5-11(14)9-18-19-16(20)13-10-21-15-8-4-2-6-12(13)15/h1-10H,(H,19,20). The molecule has 0 saturated carbocycles. The topological polar surface area (TPSA) is 41.5 Å². The van der Waals surface area contributed by atoms with Crippen LogP contribution in [0.3, 0.4) is 0 Å². The van der Waals surface area contributed by atoms with Crippen molar-refractivity contribution in [2.75, 3.05) is 0 Å². The Bertz CT molecular complexity index is 826. The predicted octanol–water partition coefficient (Wildman–Crippen LogP) is 3.80. The fourth-order valence-corrected chi connectivity index (χ4v) is 2.90. The Morgan fingerprint density at radius 1 is 1.14 bits per heavy atom. The lowest BCUT2D eigenvalue weighted by atomic mass is 10.2. The van der Waals surface area contributed by atoms with Gasteiger partial charge in [-0.05, 0) is 12.1 Å². The van der Waals surface area contributed by atoms with Gasteiger partial charge in [0.1, 0.15) is 5.82 Å². The van der Waals surface area contributed by atoms with Gasteiger partial charge in [0.05, 0.1) is 11.8 Å². The van der Waals surface area contributed by atoms with E-state index in [0.717, 1.165) is 10.1 Å². The zero-order chi connectivity index (χ0) is 14.7. The molecule has 0 radical (unpaired) electrons. The van der Waals surface area contributed by atoms with Gasteiger partial charge in [-0.25, -0.2) is 9.82 Å². The number of benzene rings is 2. The van der Waals surface area contributed by atoms with Gasteiger partial charge < -0.3 is 0 Å². The molecule has 21 heavy (non-hydrogen) atoms. The smallest absolute Gasteiger partial charge is 0.267 e. The van der Waals surface area contributed by atoms with Crippen LogP contribution in [0.25, 0.3) is 10.1 Å². The second-order valence-corrected chi connectivity index (χ2v) is 5.28. The summed E-state index contributed by atoms with van der Waals surface area (Å²) in [6, 6.07) is 13.9. The van der Waals surface area contributed by atoms with Gasteiger partial charge in [0.15, 0.2) is 0 Å². The van der Waals surface area contributed by atoms with Crippen LogP contribution in [0, 0.1) is 5.82 Å². The molecule has 0 spiro atoms. The second kappa shape index (κ2) is 5.85. The molecule has 3 nitrogen and oxygen atoms in total. The molecular formula is C16H11FN2OS. The molecule has 0 bridgehead atoms. The lowest BCUT2D eigenvalue weighted by Gasteiger charge is -1.99. The van der Waals surface area contributed by atoms with Crippen LogP contribution in [-0.4, -0.2) is 12.1 Å². The number of carbonyl (C=O) groups excluding carboxylic acids is 1. The summed E-state index contributed by atoms with van der Waals surface area (Å²) in [5.74, 6) is -0.684. The van der Waals surface area contributed by atoms with Crippen LogP contribution < -0.4 is 5.43 Å². The van der Waals surface area contributed by atoms with Crippen molar-refractivity contribution in [3.63, 3.8) is 0 Å². The van der Waals surface area contributed by atoms with Gasteiger partial charge in [0.25, 0.3) is 5.91 Å². The van der Waals surface area contributed by atoms with E-state index in [1.54, 1.807) is 23.6 Å². The number of carbonyl (C=O) groups is 1. The summed E-state index contributed by atoms with van der Waals surface area (Å²) in [6.45, 7) is 0. The van der Waals surface area contributed by atoms with Crippen LogP contribution in [0.15, 0.2) is 59.0 Å². The fraction of sp³-hybridized carbons (Fsp3) is 0. The van der Waals surface area contributed by atoms with Gasteiger partial charge in [-0.2, -0.15) is 5.10 Å². The summed E-state index contributed by atoms with van der Waals surface area (Å²) in [7, 11) is 0. The molecule has 1 heterocycles. The largest absolute Gasteiger partial charge is 0.272 e. The number of hydrazone groups is 1. The van der Waals surface area contributed by atoms with E-state index in [-0.39, 0.29) is 11.7 Å². The number of nitrogens with zero attached hydrogens (tertiary/aromatic N) is 1. The molecule has 0 fully saturated rings. The first kappa shape index (κ1) is 13.5. The van der Waals surface area contributed by atoms with E-state index in [1.807, 2.05) is 24.3 Å². The summed E-state index contributed by atoms with van der Waals surface area (Å²) < 4.78 is 14.4. The van der Waals surface area contributed by atoms with E-state index in [0.29, 0.717) is 11.1 Å². The average Bonchev–Trinajstić information content (AvgIpc) is 2.93. The van der Waals surface area contributed by atoms with Crippen molar-refractivity contribution in [1.29, 1.82) is 0 Å². The first-order valence-corrected chi connectivity index (χ1v) is 7.18. The Morgan fingerprint density at radius 3 is 2.76 bits per heavy atom. The monoisotopic (exact) mass is 298 g/mol. The molecule has 0 unspecified atom stereocenters. The number of thiophene rings is 1. The highest BCUT2D eigenvalue weighted by Crippen LogP contribution is 2.25. The van der Waals surface area contributed by atoms with E-state index in [4.69, 9.17) is 0 Å². The van der Waals surface area contributed by atoms with E-state index in [1.165, 1.54) is 23.6 Å². The Morgan fingerprint density at radius 2 is 1.90 bits per heavy atom. The predicted molar refractivity (Wildman–Crippen MR) is 83.3 cm³/mol. The highest BCUT2D eigenvalue weighted by Gasteiger charge is 2.10. The highest BCUT2D eigenvalue weighted by atomic mass is 32.1. The Labute approximate surface area is 124 Å². The Kier molecular flexibility index (Phi) is 3.75. The minimum absolute atomic E-state index is 0.306. The van der Waals surface area contributed by atoms with Gasteiger partial charge in [-0.1, -0.05) is 36.4 Å². The van der Waals surface area contributed by atoms with Gasteiger partial charge in [0.2, 0.25) is 0 Å². The van der Waals surface area contributed by atoms with E-state index < -0.39 is 0 Å². The van der Waals surface area contributed by atoms with Crippen LogP contribution in [0.4, 0.5) is 4.39 Å². The second-order valence-electron chi connectivity index (χ2n) is 4.37. The molecule has 0 aliphatic carbocycles. The molecule has 0 aliphatic rings. The first-order valence-electron chi connectivity index (χ1n) is 6.30. The maximum atomic E-state index is 13.4. The Hall–Kier alpha value is -2.53. The summed E-state index contributed by atoms with van der Waals surface area (Å²) >= 11 is 1.50. The van der Waals surface area contributed by atoms with Crippen molar-refractivity contribution >= 4 is 33.5 Å². The average molecular weight is 298 g/mol. The number of nitrogens with one attached hydrogen (secondary N) is 1. The third kappa shape index (κ3) is 2.83. The molecule has 0 saturated heterocycles. The SMILES string of the molecule is O=C(NN=Cc1ccccc1F)c1csc2ccccc12. The van der Waals surface area contributed by atoms with Gasteiger partial charge in [-0.15, -0.1) is 11.3 Å². The van der Waals surface area contributed by atoms with E-state index in [2.05, 4.69) is 10.5 Å². The quantitative estimate of drug-likeness (QED) is 0.580. The van der Waals surface area contributed by atoms with E-state index in [9.17, 15) is 9.18 Å². The molecule has 3 aromatic rings. The fourth-order valence-electron chi connectivity index (χ4n) is 1.95. The third-order valence-corrected chi connectivity index (χ3v) is 3.96. The summed E-state index contributed by atoms with van der Waals surface area (Å²) in [4.78, 5) is 12.1. The molecule has 1 N–H and O–H groups in total. The minimum atomic E-state index is -0.378. The van der Waals surface area contributed by atoms with Crippen LogP contribution in [0.2, 0.25) is 0 Å². The summed E-state index contributed by atoms with van der Waals surface area (Å²) in [5, 5.41) is 6.49. The van der Waals surface area contributed by atoms with Crippen molar-refractivity contribution in [2.45, 2.75) is 0 Å². The number of hydrogen-bond acceptors (Lipinski definition) is 3. The lowest BCUT2D eigenvalue weighted by Crippen LogP contribution is -2.17. The van der Waals surface area contributed by atoms with Gasteiger partial charge in [-0.3, -0.25) is 4.79 Å². The molecule has 5 heteroatoms. The molecule has 3 rings (SSSR count). The Balaban J connectivity index is 1.77. The maximum Gasteiger partial charge on any atom is 0.272 e. The number of amides is 1. The molecule has 1 amide bonds. The van der Waals surface area contributed by atoms with Crippen molar-refractivity contribution in [1.82, 2.24) is 5.43 Å². The normalized spacial score (nSPS) is 11.1. The van der Waals surface area contributed by atoms with Crippen molar-refractivity contribution in [2.24, 2.45) is 5.10 Å². The van der Waals surface area contributed by atoms with Crippen LogP contribution in [-0.2, 0) is 0 Å². The van der Waals surface area contributed by atoms with Crippen LogP contribution in [0.5, 0.6) is 0 Å². The maximum absolute atomic E-state index is 13.4. The molecule has 1 aromatic heterocycles. The number of hydrogen-bond donors (Lipinski definition) is 1. The molecule has 2 aromatic carbocycles. The molecule has 0 aliphatic heterocycles. The number of fused-ring (bicyclic) bond motifs is 1. The van der Waals surface area contributed by atoms with Crippen molar-refractivity contribution in [3.8, 4) is 0 Å². The number of halogens is 1. The lowest BCUT2D eigenvalue weighted by molar-refractivity contribution is 0.0957. The summed E-state index contributed by atoms with van der Waals surface area (Å²) in [5.41, 5.74) is 3.32. The van der Waals surface area contributed by atoms with Gasteiger partial charge in [0, 0.05) is 21.0 Å². The van der Waals surface area contributed by atoms with Crippen LogP contribution in [0.1, 0.15) is 15.9 Å².